The molecule has 0 aromatic heterocycles. The summed E-state index contributed by atoms with van der Waals surface area (Å²) in [5, 5.41) is 9.06. The van der Waals surface area contributed by atoms with Crippen LogP contribution in [0.25, 0.3) is 6.08 Å². The van der Waals surface area contributed by atoms with E-state index in [2.05, 4.69) is 0 Å². The standard InChI is InChI=1S/C10H10O2/c1-8(11)5-6-9-3-2-4-10(12)7-9/h2-7,12H,1H3/b6-5-. The van der Waals surface area contributed by atoms with Crippen molar-refractivity contribution in [3.05, 3.63) is 35.9 Å². The number of rotatable bonds is 2. The Bertz CT molecular complexity index is 313. The van der Waals surface area contributed by atoms with E-state index in [1.54, 1.807) is 24.3 Å². The zero-order valence-corrected chi connectivity index (χ0v) is 6.82. The fourth-order valence-corrected chi connectivity index (χ4v) is 0.842. The van der Waals surface area contributed by atoms with Crippen LogP contribution in [-0.2, 0) is 4.79 Å². The second kappa shape index (κ2) is 3.72. The number of carbonyl (C=O) groups excluding carboxylic acids is 1. The average molecular weight is 162 g/mol. The highest BCUT2D eigenvalue weighted by atomic mass is 16.3. The SMILES string of the molecule is CC(=O)/C=C\c1cccc(O)c1. The van der Waals surface area contributed by atoms with Gasteiger partial charge in [-0.1, -0.05) is 18.2 Å². The molecule has 0 heterocycles. The summed E-state index contributed by atoms with van der Waals surface area (Å²) in [4.78, 5) is 10.6. The Morgan fingerprint density at radius 2 is 2.25 bits per heavy atom. The molecule has 0 aliphatic carbocycles. The largest absolute Gasteiger partial charge is 0.508 e. The molecule has 0 radical (unpaired) electrons. The molecule has 0 aliphatic heterocycles. The number of carbonyl (C=O) groups is 1. The summed E-state index contributed by atoms with van der Waals surface area (Å²) in [5.74, 6) is 0.207. The minimum Gasteiger partial charge on any atom is -0.508 e. The summed E-state index contributed by atoms with van der Waals surface area (Å²) in [6.07, 6.45) is 3.14. The van der Waals surface area contributed by atoms with Gasteiger partial charge in [-0.05, 0) is 30.7 Å². The molecule has 1 aromatic rings. The van der Waals surface area contributed by atoms with Crippen molar-refractivity contribution in [2.75, 3.05) is 0 Å². The molecule has 0 unspecified atom stereocenters. The molecule has 0 fully saturated rings. The van der Waals surface area contributed by atoms with Gasteiger partial charge in [-0.3, -0.25) is 4.79 Å². The van der Waals surface area contributed by atoms with Gasteiger partial charge < -0.3 is 5.11 Å². The quantitative estimate of drug-likeness (QED) is 0.675. The number of hydrogen-bond donors (Lipinski definition) is 1. The predicted molar refractivity (Wildman–Crippen MR) is 47.8 cm³/mol. The fraction of sp³-hybridized carbons (Fsp3) is 0.100. The number of benzene rings is 1. The molecule has 12 heavy (non-hydrogen) atoms. The van der Waals surface area contributed by atoms with Gasteiger partial charge in [0.15, 0.2) is 5.78 Å². The van der Waals surface area contributed by atoms with Gasteiger partial charge in [0.05, 0.1) is 0 Å². The average Bonchev–Trinajstić information content (AvgIpc) is 2.01. The van der Waals surface area contributed by atoms with Gasteiger partial charge in [-0.15, -0.1) is 0 Å². The molecule has 0 aliphatic rings. The molecule has 0 spiro atoms. The van der Waals surface area contributed by atoms with Crippen molar-refractivity contribution in [1.29, 1.82) is 0 Å². The molecule has 1 rings (SSSR count). The highest BCUT2D eigenvalue weighted by Gasteiger charge is 1.89. The zero-order valence-electron chi connectivity index (χ0n) is 6.82. The van der Waals surface area contributed by atoms with Crippen molar-refractivity contribution in [1.82, 2.24) is 0 Å². The molecule has 0 atom stereocenters. The maximum absolute atomic E-state index is 10.6. The van der Waals surface area contributed by atoms with Crippen molar-refractivity contribution in [2.45, 2.75) is 6.92 Å². The van der Waals surface area contributed by atoms with Crippen molar-refractivity contribution in [3.8, 4) is 5.75 Å². The van der Waals surface area contributed by atoms with Crippen LogP contribution in [0.1, 0.15) is 12.5 Å². The van der Waals surface area contributed by atoms with Gasteiger partial charge in [0.2, 0.25) is 0 Å². The number of hydrogen-bond acceptors (Lipinski definition) is 2. The van der Waals surface area contributed by atoms with Gasteiger partial charge >= 0.3 is 0 Å². The van der Waals surface area contributed by atoms with Crippen molar-refractivity contribution in [2.24, 2.45) is 0 Å². The number of aromatic hydroxyl groups is 1. The van der Waals surface area contributed by atoms with E-state index in [4.69, 9.17) is 5.11 Å². The minimum atomic E-state index is -0.00153. The van der Waals surface area contributed by atoms with E-state index < -0.39 is 0 Å². The van der Waals surface area contributed by atoms with Gasteiger partial charge in [0.1, 0.15) is 5.75 Å². The first kappa shape index (κ1) is 8.53. The van der Waals surface area contributed by atoms with Crippen LogP contribution in [0.2, 0.25) is 0 Å². The fourth-order valence-electron chi connectivity index (χ4n) is 0.842. The third-order valence-electron chi connectivity index (χ3n) is 1.38. The first-order valence-corrected chi connectivity index (χ1v) is 3.66. The Kier molecular flexibility index (Phi) is 2.64. The number of phenols is 1. The number of ketones is 1. The summed E-state index contributed by atoms with van der Waals surface area (Å²) in [6, 6.07) is 6.73. The van der Waals surface area contributed by atoms with Crippen LogP contribution in [0.4, 0.5) is 0 Å². The first-order chi connectivity index (χ1) is 5.68. The van der Waals surface area contributed by atoms with E-state index in [0.29, 0.717) is 0 Å². The number of phenolic OH excluding ortho intramolecular Hbond substituents is 1. The maximum Gasteiger partial charge on any atom is 0.152 e. The Balaban J connectivity index is 2.83. The molecule has 2 heteroatoms. The molecule has 0 amide bonds. The summed E-state index contributed by atoms with van der Waals surface area (Å²) in [7, 11) is 0. The highest BCUT2D eigenvalue weighted by Crippen LogP contribution is 2.11. The normalized spacial score (nSPS) is 10.4. The van der Waals surface area contributed by atoms with E-state index in [-0.39, 0.29) is 11.5 Å². The topological polar surface area (TPSA) is 37.3 Å². The van der Waals surface area contributed by atoms with Crippen LogP contribution in [0.3, 0.4) is 0 Å². The van der Waals surface area contributed by atoms with E-state index in [0.717, 1.165) is 5.56 Å². The van der Waals surface area contributed by atoms with Gasteiger partial charge in [-0.2, -0.15) is 0 Å². The van der Waals surface area contributed by atoms with Crippen LogP contribution < -0.4 is 0 Å². The molecule has 62 valence electrons. The highest BCUT2D eigenvalue weighted by molar-refractivity contribution is 5.91. The van der Waals surface area contributed by atoms with Crippen LogP contribution in [0.15, 0.2) is 30.3 Å². The van der Waals surface area contributed by atoms with Crippen molar-refractivity contribution < 1.29 is 9.90 Å². The lowest BCUT2D eigenvalue weighted by Crippen LogP contribution is -1.79. The van der Waals surface area contributed by atoms with Crippen molar-refractivity contribution in [3.63, 3.8) is 0 Å². The third-order valence-corrected chi connectivity index (χ3v) is 1.38. The molecular formula is C10H10O2. The van der Waals surface area contributed by atoms with E-state index in [1.165, 1.54) is 13.0 Å². The Morgan fingerprint density at radius 1 is 1.50 bits per heavy atom. The van der Waals surface area contributed by atoms with Crippen LogP contribution >= 0.6 is 0 Å². The predicted octanol–water partition coefficient (Wildman–Crippen LogP) is 1.99. The van der Waals surface area contributed by atoms with E-state index in [9.17, 15) is 4.79 Å². The molecule has 1 N–H and O–H groups in total. The lowest BCUT2D eigenvalue weighted by Gasteiger charge is -1.93. The Morgan fingerprint density at radius 3 is 2.83 bits per heavy atom. The lowest BCUT2D eigenvalue weighted by atomic mass is 10.2. The van der Waals surface area contributed by atoms with Crippen molar-refractivity contribution >= 4 is 11.9 Å². The monoisotopic (exact) mass is 162 g/mol. The second-order valence-corrected chi connectivity index (χ2v) is 2.54. The van der Waals surface area contributed by atoms with Crippen LogP contribution in [-0.4, -0.2) is 10.9 Å². The van der Waals surface area contributed by atoms with E-state index >= 15 is 0 Å². The number of allylic oxidation sites excluding steroid dienone is 1. The smallest absolute Gasteiger partial charge is 0.152 e. The molecular weight excluding hydrogens is 152 g/mol. The summed E-state index contributed by atoms with van der Waals surface area (Å²) >= 11 is 0. The summed E-state index contributed by atoms with van der Waals surface area (Å²) < 4.78 is 0. The Labute approximate surface area is 71.2 Å². The third kappa shape index (κ3) is 2.58. The second-order valence-electron chi connectivity index (χ2n) is 2.54. The zero-order chi connectivity index (χ0) is 8.97. The first-order valence-electron chi connectivity index (χ1n) is 3.66. The van der Waals surface area contributed by atoms with E-state index in [1.807, 2.05) is 6.07 Å². The molecule has 0 saturated carbocycles. The molecule has 0 saturated heterocycles. The maximum atomic E-state index is 10.6. The lowest BCUT2D eigenvalue weighted by molar-refractivity contribution is -0.112. The molecule has 1 aromatic carbocycles. The summed E-state index contributed by atoms with van der Waals surface area (Å²) in [5.41, 5.74) is 0.824. The van der Waals surface area contributed by atoms with Gasteiger partial charge in [0, 0.05) is 0 Å². The van der Waals surface area contributed by atoms with Crippen LogP contribution in [0.5, 0.6) is 5.75 Å². The van der Waals surface area contributed by atoms with Gasteiger partial charge in [0.25, 0.3) is 0 Å². The van der Waals surface area contributed by atoms with Gasteiger partial charge in [-0.25, -0.2) is 0 Å². The minimum absolute atomic E-state index is 0.00153. The van der Waals surface area contributed by atoms with Crippen LogP contribution in [0, 0.1) is 0 Å². The summed E-state index contributed by atoms with van der Waals surface area (Å²) in [6.45, 7) is 1.49. The Hall–Kier alpha value is -1.57. The molecule has 2 nitrogen and oxygen atoms in total. The molecule has 0 bridgehead atoms.